The number of aryl methyl sites for hydroxylation is 1. The Balaban J connectivity index is 2.17. The Bertz CT molecular complexity index is 852. The van der Waals surface area contributed by atoms with Gasteiger partial charge < -0.3 is 15.5 Å². The molecule has 0 atom stereocenters. The minimum Gasteiger partial charge on any atom is -0.372 e. The van der Waals surface area contributed by atoms with Crippen LogP contribution in [0.5, 0.6) is 0 Å². The highest BCUT2D eigenvalue weighted by atomic mass is 16.2. The zero-order valence-electron chi connectivity index (χ0n) is 17.6. The van der Waals surface area contributed by atoms with Gasteiger partial charge in [-0.2, -0.15) is 0 Å². The van der Waals surface area contributed by atoms with E-state index >= 15 is 0 Å². The van der Waals surface area contributed by atoms with E-state index in [0.29, 0.717) is 5.56 Å². The van der Waals surface area contributed by atoms with Gasteiger partial charge in [-0.3, -0.25) is 14.6 Å². The van der Waals surface area contributed by atoms with E-state index in [0.717, 1.165) is 30.0 Å². The molecule has 2 aromatic rings. The Morgan fingerprint density at radius 3 is 2.29 bits per heavy atom. The summed E-state index contributed by atoms with van der Waals surface area (Å²) in [7, 11) is 0. The third-order valence-electron chi connectivity index (χ3n) is 4.33. The maximum atomic E-state index is 12.7. The summed E-state index contributed by atoms with van der Waals surface area (Å²) in [6.45, 7) is 13.7. The van der Waals surface area contributed by atoms with Crippen molar-refractivity contribution in [3.05, 3.63) is 53.3 Å². The van der Waals surface area contributed by atoms with Crippen LogP contribution in [0.25, 0.3) is 0 Å². The second-order valence-electron chi connectivity index (χ2n) is 7.76. The smallest absolute Gasteiger partial charge is 0.270 e. The van der Waals surface area contributed by atoms with Crippen LogP contribution in [-0.4, -0.2) is 35.4 Å². The largest absolute Gasteiger partial charge is 0.372 e. The fraction of sp³-hybridized carbons (Fsp3) is 0.409. The lowest BCUT2D eigenvalue weighted by Crippen LogP contribution is -2.41. The topological polar surface area (TPSA) is 74.3 Å². The maximum absolute atomic E-state index is 12.7. The van der Waals surface area contributed by atoms with Crippen LogP contribution in [0.1, 0.15) is 61.0 Å². The number of anilines is 2. The highest BCUT2D eigenvalue weighted by Crippen LogP contribution is 2.23. The number of hydrogen-bond donors (Lipinski definition) is 2. The lowest BCUT2D eigenvalue weighted by molar-refractivity contribution is 0.0914. The molecule has 0 saturated heterocycles. The van der Waals surface area contributed by atoms with Crippen molar-refractivity contribution in [2.24, 2.45) is 0 Å². The molecule has 28 heavy (non-hydrogen) atoms. The van der Waals surface area contributed by atoms with Crippen LogP contribution < -0.4 is 15.5 Å². The van der Waals surface area contributed by atoms with Gasteiger partial charge in [0.2, 0.25) is 0 Å². The highest BCUT2D eigenvalue weighted by molar-refractivity contribution is 6.06. The van der Waals surface area contributed by atoms with Gasteiger partial charge in [-0.05, 0) is 77.4 Å². The molecular weight excluding hydrogens is 352 g/mol. The Morgan fingerprint density at radius 1 is 1.04 bits per heavy atom. The van der Waals surface area contributed by atoms with E-state index in [-0.39, 0.29) is 23.0 Å². The van der Waals surface area contributed by atoms with Crippen LogP contribution in [0.2, 0.25) is 0 Å². The molecule has 0 saturated carbocycles. The second-order valence-corrected chi connectivity index (χ2v) is 7.76. The minimum absolute atomic E-state index is 0.219. The number of carbonyl (C=O) groups excluding carboxylic acids is 2. The van der Waals surface area contributed by atoms with Crippen LogP contribution in [0.3, 0.4) is 0 Å². The van der Waals surface area contributed by atoms with Crippen LogP contribution in [-0.2, 0) is 0 Å². The van der Waals surface area contributed by atoms with Gasteiger partial charge in [0.15, 0.2) is 0 Å². The molecule has 0 aliphatic carbocycles. The van der Waals surface area contributed by atoms with Gasteiger partial charge in [0.1, 0.15) is 5.69 Å². The first kappa shape index (κ1) is 21.4. The van der Waals surface area contributed by atoms with Crippen molar-refractivity contribution in [1.29, 1.82) is 0 Å². The third kappa shape index (κ3) is 5.55. The summed E-state index contributed by atoms with van der Waals surface area (Å²) in [5.41, 5.74) is 3.10. The predicted molar refractivity (Wildman–Crippen MR) is 114 cm³/mol. The van der Waals surface area contributed by atoms with Crippen molar-refractivity contribution in [3.63, 3.8) is 0 Å². The molecule has 2 N–H and O–H groups in total. The van der Waals surface area contributed by atoms with Crippen molar-refractivity contribution in [2.45, 2.75) is 47.1 Å². The predicted octanol–water partition coefficient (Wildman–Crippen LogP) is 4.02. The molecule has 150 valence electrons. The zero-order chi connectivity index (χ0) is 20.9. The number of rotatable bonds is 6. The summed E-state index contributed by atoms with van der Waals surface area (Å²) < 4.78 is 0. The molecule has 1 aromatic carbocycles. The summed E-state index contributed by atoms with van der Waals surface area (Å²) >= 11 is 0. The van der Waals surface area contributed by atoms with Gasteiger partial charge in [0, 0.05) is 41.8 Å². The quantitative estimate of drug-likeness (QED) is 0.791. The van der Waals surface area contributed by atoms with Crippen molar-refractivity contribution >= 4 is 23.2 Å². The van der Waals surface area contributed by atoms with Crippen molar-refractivity contribution in [1.82, 2.24) is 10.3 Å². The normalized spacial score (nSPS) is 11.1. The first-order valence-corrected chi connectivity index (χ1v) is 9.60. The van der Waals surface area contributed by atoms with Crippen molar-refractivity contribution < 1.29 is 9.59 Å². The van der Waals surface area contributed by atoms with Crippen LogP contribution in [0.15, 0.2) is 36.5 Å². The molecule has 2 amide bonds. The summed E-state index contributed by atoms with van der Waals surface area (Å²) in [6, 6.07) is 9.09. The molecule has 0 fully saturated rings. The molecule has 0 unspecified atom stereocenters. The Labute approximate surface area is 167 Å². The van der Waals surface area contributed by atoms with Crippen LogP contribution in [0.4, 0.5) is 11.4 Å². The number of benzene rings is 1. The van der Waals surface area contributed by atoms with E-state index in [1.54, 1.807) is 6.07 Å². The minimum atomic E-state index is -0.374. The Morgan fingerprint density at radius 2 is 1.71 bits per heavy atom. The first-order valence-electron chi connectivity index (χ1n) is 9.60. The molecule has 0 aliphatic heterocycles. The summed E-state index contributed by atoms with van der Waals surface area (Å²) in [6.07, 6.45) is 1.48. The van der Waals surface area contributed by atoms with E-state index in [4.69, 9.17) is 0 Å². The monoisotopic (exact) mass is 382 g/mol. The number of pyridine rings is 1. The summed E-state index contributed by atoms with van der Waals surface area (Å²) in [5, 5.41) is 5.78. The Kier molecular flexibility index (Phi) is 6.78. The van der Waals surface area contributed by atoms with Crippen LogP contribution in [0, 0.1) is 6.92 Å². The highest BCUT2D eigenvalue weighted by Gasteiger charge is 2.18. The zero-order valence-corrected chi connectivity index (χ0v) is 17.6. The number of hydrogen-bond acceptors (Lipinski definition) is 4. The number of aromatic nitrogens is 1. The van der Waals surface area contributed by atoms with Gasteiger partial charge in [-0.15, -0.1) is 0 Å². The number of amides is 2. The molecule has 6 heteroatoms. The van der Waals surface area contributed by atoms with E-state index in [1.165, 1.54) is 12.3 Å². The van der Waals surface area contributed by atoms with Gasteiger partial charge in [0.05, 0.1) is 0 Å². The maximum Gasteiger partial charge on any atom is 0.270 e. The fourth-order valence-electron chi connectivity index (χ4n) is 2.87. The SMILES string of the molecule is CCN(CC)c1ccc(NC(=O)c2ccnc(C(=O)NC(C)(C)C)c2)c(C)c1. The molecule has 1 aromatic heterocycles. The standard InChI is InChI=1S/C22H30N4O2/c1-7-26(8-2)17-9-10-18(15(3)13-17)24-20(27)16-11-12-23-19(14-16)21(28)25-22(4,5)6/h9-14H,7-8H2,1-6H3,(H,24,27)(H,25,28). The van der Waals surface area contributed by atoms with E-state index < -0.39 is 0 Å². The summed E-state index contributed by atoms with van der Waals surface area (Å²) in [5.74, 6) is -0.576. The average molecular weight is 383 g/mol. The molecule has 6 nitrogen and oxygen atoms in total. The van der Waals surface area contributed by atoms with Gasteiger partial charge in [-0.1, -0.05) is 0 Å². The van der Waals surface area contributed by atoms with Gasteiger partial charge in [-0.25, -0.2) is 0 Å². The second kappa shape index (κ2) is 8.87. The van der Waals surface area contributed by atoms with E-state index in [9.17, 15) is 9.59 Å². The molecule has 0 bridgehead atoms. The molecular formula is C22H30N4O2. The van der Waals surface area contributed by atoms with Crippen molar-refractivity contribution in [2.75, 3.05) is 23.3 Å². The first-order chi connectivity index (χ1) is 13.1. The number of carbonyl (C=O) groups is 2. The van der Waals surface area contributed by atoms with Crippen LogP contribution >= 0.6 is 0 Å². The number of nitrogens with one attached hydrogen (secondary N) is 2. The van der Waals surface area contributed by atoms with E-state index in [2.05, 4.69) is 40.4 Å². The average Bonchev–Trinajstić information content (AvgIpc) is 2.63. The Hall–Kier alpha value is -2.89. The molecule has 0 radical (unpaired) electrons. The molecule has 0 spiro atoms. The lowest BCUT2D eigenvalue weighted by Gasteiger charge is -2.22. The van der Waals surface area contributed by atoms with Gasteiger partial charge in [0.25, 0.3) is 11.8 Å². The summed E-state index contributed by atoms with van der Waals surface area (Å²) in [4.78, 5) is 31.3. The molecule has 0 aliphatic rings. The number of nitrogens with zero attached hydrogens (tertiary/aromatic N) is 2. The fourth-order valence-corrected chi connectivity index (χ4v) is 2.87. The molecule has 1 heterocycles. The lowest BCUT2D eigenvalue weighted by atomic mass is 10.1. The molecule has 2 rings (SSSR count). The van der Waals surface area contributed by atoms with Gasteiger partial charge >= 0.3 is 0 Å². The third-order valence-corrected chi connectivity index (χ3v) is 4.33. The van der Waals surface area contributed by atoms with Crippen molar-refractivity contribution in [3.8, 4) is 0 Å². The van der Waals surface area contributed by atoms with E-state index in [1.807, 2.05) is 39.8 Å².